The Morgan fingerprint density at radius 2 is 0.941 bits per heavy atom. The zero-order valence-corrected chi connectivity index (χ0v) is 40.6. The molecule has 0 atom stereocenters. The van der Waals surface area contributed by atoms with E-state index in [4.69, 9.17) is 0 Å². The summed E-state index contributed by atoms with van der Waals surface area (Å²) < 4.78 is 44.8. The number of halogens is 3. The van der Waals surface area contributed by atoms with Crippen molar-refractivity contribution in [1.29, 1.82) is 0 Å². The molecule has 0 saturated heterocycles. The Labute approximate surface area is 408 Å². The summed E-state index contributed by atoms with van der Waals surface area (Å²) in [6.45, 7) is 8.45. The summed E-state index contributed by atoms with van der Waals surface area (Å²) in [6, 6.07) is 62.1. The molecular formula is C56H46F3IrN8-3. The van der Waals surface area contributed by atoms with Crippen LogP contribution >= 0.6 is 0 Å². The Morgan fingerprint density at radius 3 is 1.29 bits per heavy atom. The number of rotatable bonds is 7. The molecule has 0 N–H and O–H groups in total. The smallest absolute Gasteiger partial charge is 0.413 e. The molecule has 8 nitrogen and oxygen atoms in total. The normalized spacial score (nSPS) is 10.9. The molecule has 0 bridgehead atoms. The first-order valence-electron chi connectivity index (χ1n) is 21.5. The second-order valence-electron chi connectivity index (χ2n) is 15.9. The summed E-state index contributed by atoms with van der Waals surface area (Å²) in [7, 11) is 4.10. The monoisotopic (exact) mass is 1080 g/mol. The number of alkyl halides is 3. The predicted molar refractivity (Wildman–Crippen MR) is 254 cm³/mol. The van der Waals surface area contributed by atoms with Crippen molar-refractivity contribution in [3.63, 3.8) is 0 Å². The first kappa shape index (κ1) is 48.4. The Morgan fingerprint density at radius 1 is 0.544 bits per heavy atom. The van der Waals surface area contributed by atoms with Crippen molar-refractivity contribution in [3.8, 4) is 67.9 Å². The SMILES string of the molecule is Cc1c[c-]c(-n2[c-][n+](C)c(-c3ccccc3)c2-c2ccccc2)c(C)c1.Cc1c[c-]c(-n2[c-][n+](C)c(-c3ccccc3)c2-c2ccccc2)c(C)c1.FC(F)(F)c1n[n-]c(-c2ccccn2)n1.[Ir]. The van der Waals surface area contributed by atoms with Crippen molar-refractivity contribution in [3.05, 3.63) is 223 Å². The van der Waals surface area contributed by atoms with Crippen molar-refractivity contribution >= 4 is 0 Å². The van der Waals surface area contributed by atoms with Gasteiger partial charge in [0.1, 0.15) is 5.82 Å². The van der Waals surface area contributed by atoms with Gasteiger partial charge in [0, 0.05) is 26.3 Å². The van der Waals surface area contributed by atoms with E-state index in [2.05, 4.69) is 214 Å². The van der Waals surface area contributed by atoms with E-state index in [0.717, 1.165) is 45.3 Å². The molecular weight excluding hydrogens is 1030 g/mol. The zero-order valence-electron chi connectivity index (χ0n) is 38.2. The zero-order chi connectivity index (χ0) is 47.1. The Hall–Kier alpha value is -7.53. The van der Waals surface area contributed by atoms with Crippen LogP contribution in [0.5, 0.6) is 0 Å². The number of nitrogens with zero attached hydrogens (tertiary/aromatic N) is 8. The molecule has 12 heteroatoms. The molecule has 0 aliphatic heterocycles. The molecule has 0 unspecified atom stereocenters. The molecule has 0 aliphatic carbocycles. The number of hydrogen-bond acceptors (Lipinski definition) is 3. The molecule has 0 amide bonds. The number of pyridine rings is 1. The van der Waals surface area contributed by atoms with E-state index < -0.39 is 12.0 Å². The molecule has 6 aromatic carbocycles. The van der Waals surface area contributed by atoms with Crippen molar-refractivity contribution in [2.75, 3.05) is 0 Å². The molecule has 10 rings (SSSR count). The molecule has 0 saturated carbocycles. The van der Waals surface area contributed by atoms with Crippen LogP contribution in [0.4, 0.5) is 13.2 Å². The second-order valence-corrected chi connectivity index (χ2v) is 15.9. The van der Waals surface area contributed by atoms with Gasteiger partial charge in [-0.05, 0) is 40.2 Å². The van der Waals surface area contributed by atoms with E-state index in [1.165, 1.54) is 45.6 Å². The number of aromatic nitrogens is 8. The summed E-state index contributed by atoms with van der Waals surface area (Å²) in [6.07, 6.45) is 3.85. The molecule has 4 heterocycles. The van der Waals surface area contributed by atoms with E-state index in [0.29, 0.717) is 0 Å². The van der Waals surface area contributed by atoms with Gasteiger partial charge in [-0.25, -0.2) is 0 Å². The quantitative estimate of drug-likeness (QED) is 0.118. The average Bonchev–Trinajstić information content (AvgIpc) is 4.07. The maximum Gasteiger partial charge on any atom is 0.429 e. The molecule has 0 aliphatic rings. The van der Waals surface area contributed by atoms with Crippen LogP contribution in [0, 0.1) is 52.5 Å². The Kier molecular flexibility index (Phi) is 15.2. The summed E-state index contributed by atoms with van der Waals surface area (Å²) in [4.78, 5) is 7.05. The van der Waals surface area contributed by atoms with Crippen LogP contribution in [0.2, 0.25) is 0 Å². The van der Waals surface area contributed by atoms with E-state index >= 15 is 0 Å². The van der Waals surface area contributed by atoms with Gasteiger partial charge in [0.15, 0.2) is 0 Å². The Bertz CT molecular complexity index is 3050. The van der Waals surface area contributed by atoms with E-state index in [9.17, 15) is 13.2 Å². The number of benzene rings is 6. The van der Waals surface area contributed by atoms with Crippen LogP contribution < -0.4 is 14.2 Å². The molecule has 0 spiro atoms. The second kappa shape index (κ2) is 21.4. The predicted octanol–water partition coefficient (Wildman–Crippen LogP) is 11.2. The molecule has 4 aromatic heterocycles. The van der Waals surface area contributed by atoms with Gasteiger partial charge in [-0.2, -0.15) is 71.8 Å². The fourth-order valence-corrected chi connectivity index (χ4v) is 7.87. The first-order valence-corrected chi connectivity index (χ1v) is 21.5. The van der Waals surface area contributed by atoms with E-state index in [1.807, 2.05) is 36.4 Å². The van der Waals surface area contributed by atoms with Gasteiger partial charge < -0.3 is 28.4 Å². The minimum Gasteiger partial charge on any atom is -0.413 e. The third-order valence-corrected chi connectivity index (χ3v) is 10.8. The summed E-state index contributed by atoms with van der Waals surface area (Å²) in [5.74, 6) is -1.37. The van der Waals surface area contributed by atoms with E-state index in [1.54, 1.807) is 12.1 Å². The van der Waals surface area contributed by atoms with Gasteiger partial charge in [-0.3, -0.25) is 10.1 Å². The molecule has 343 valence electrons. The fraction of sp³-hybridized carbons (Fsp3) is 0.125. The molecule has 1 radical (unpaired) electrons. The number of hydrogen-bond donors (Lipinski definition) is 0. The van der Waals surface area contributed by atoms with Gasteiger partial charge >= 0.3 is 6.18 Å². The molecule has 68 heavy (non-hydrogen) atoms. The summed E-state index contributed by atoms with van der Waals surface area (Å²) >= 11 is 0. The van der Waals surface area contributed by atoms with Crippen LogP contribution in [0.3, 0.4) is 0 Å². The number of imidazole rings is 2. The number of aryl methyl sites for hydroxylation is 6. The largest absolute Gasteiger partial charge is 0.429 e. The van der Waals surface area contributed by atoms with Crippen LogP contribution in [-0.4, -0.2) is 24.2 Å². The fourth-order valence-electron chi connectivity index (χ4n) is 7.87. The minimum atomic E-state index is -4.57. The van der Waals surface area contributed by atoms with Crippen molar-refractivity contribution < 1.29 is 42.4 Å². The molecule has 0 fully saturated rings. The van der Waals surface area contributed by atoms with Gasteiger partial charge in [0.05, 0.1) is 42.6 Å². The van der Waals surface area contributed by atoms with Crippen molar-refractivity contribution in [2.45, 2.75) is 33.9 Å². The van der Waals surface area contributed by atoms with Gasteiger partial charge in [0.2, 0.25) is 12.7 Å². The van der Waals surface area contributed by atoms with Crippen LogP contribution in [0.15, 0.2) is 170 Å². The summed E-state index contributed by atoms with van der Waals surface area (Å²) in [5, 5.41) is 6.25. The van der Waals surface area contributed by atoms with Crippen LogP contribution in [-0.2, 0) is 40.4 Å². The van der Waals surface area contributed by atoms with Crippen molar-refractivity contribution in [2.24, 2.45) is 14.1 Å². The topological polar surface area (TPSA) is 70.4 Å². The van der Waals surface area contributed by atoms with Crippen LogP contribution in [0.25, 0.3) is 67.9 Å². The summed E-state index contributed by atoms with van der Waals surface area (Å²) in [5.41, 5.74) is 16.4. The van der Waals surface area contributed by atoms with Gasteiger partial charge in [0.25, 0.3) is 0 Å². The van der Waals surface area contributed by atoms with Crippen LogP contribution in [0.1, 0.15) is 28.1 Å². The van der Waals surface area contributed by atoms with Crippen molar-refractivity contribution in [1.82, 2.24) is 29.3 Å². The Balaban J connectivity index is 0.000000156. The third-order valence-electron chi connectivity index (χ3n) is 10.8. The maximum absolute atomic E-state index is 12.1. The third kappa shape index (κ3) is 10.8. The molecule has 10 aromatic rings. The maximum atomic E-state index is 12.1. The average molecular weight is 1080 g/mol. The van der Waals surface area contributed by atoms with Gasteiger partial charge in [-0.15, -0.1) is 0 Å². The standard InChI is InChI=1S/2C24H21N2.C8H4F3N4.Ir/c2*1-18-14-15-22(19(2)16-18)26-17-25(3)23(20-10-6-4-7-11-20)24(26)21-12-8-5-9-13-21;9-8(10,11)7-13-6(14-15-7)5-3-1-2-4-12-5;/h2*4-14,16H,1-3H3;1-4H;/q3*-1;. The first-order chi connectivity index (χ1) is 32.4. The van der Waals surface area contributed by atoms with E-state index in [-0.39, 0.29) is 31.6 Å². The van der Waals surface area contributed by atoms with Gasteiger partial charge in [-0.1, -0.05) is 166 Å². The minimum absolute atomic E-state index is 0.